The van der Waals surface area contributed by atoms with E-state index in [9.17, 15) is 15.2 Å². The number of fused-ring (bicyclic) bond motifs is 1. The maximum absolute atomic E-state index is 12.3. The van der Waals surface area contributed by atoms with Crippen molar-refractivity contribution in [2.24, 2.45) is 5.73 Å². The first-order chi connectivity index (χ1) is 12.5. The second-order valence-electron chi connectivity index (χ2n) is 5.50. The van der Waals surface area contributed by atoms with Crippen molar-refractivity contribution in [3.8, 4) is 23.3 Å². The van der Waals surface area contributed by atoms with Crippen LogP contribution in [0.25, 0.3) is 0 Å². The molecule has 1 aromatic carbocycles. The van der Waals surface area contributed by atoms with Gasteiger partial charge in [-0.1, -0.05) is 0 Å². The molecule has 3 N–H and O–H groups in total. The van der Waals surface area contributed by atoms with Gasteiger partial charge in [0, 0.05) is 12.1 Å². The summed E-state index contributed by atoms with van der Waals surface area (Å²) >= 11 is 0. The molecular formula is C18H16N2O6. The lowest BCUT2D eigenvalue weighted by atomic mass is 9.87. The third-order valence-corrected chi connectivity index (χ3v) is 3.99. The van der Waals surface area contributed by atoms with E-state index in [0.717, 1.165) is 6.07 Å². The number of hydrogen-bond donors (Lipinski definition) is 2. The third kappa shape index (κ3) is 2.85. The molecule has 0 spiro atoms. The molecule has 2 aromatic rings. The van der Waals surface area contributed by atoms with E-state index in [-0.39, 0.29) is 28.7 Å². The van der Waals surface area contributed by atoms with Crippen LogP contribution in [-0.2, 0) is 6.61 Å². The second kappa shape index (κ2) is 6.82. The SMILES string of the molecule is COc1cc(OC)cc([C@@H]2C(C#N)=C(N)Oc3c2oc(CO)cc3=O)c1. The highest BCUT2D eigenvalue weighted by Crippen LogP contribution is 2.42. The van der Waals surface area contributed by atoms with Gasteiger partial charge in [-0.2, -0.15) is 5.26 Å². The van der Waals surface area contributed by atoms with E-state index >= 15 is 0 Å². The summed E-state index contributed by atoms with van der Waals surface area (Å²) in [6.07, 6.45) is 0. The Balaban J connectivity index is 2.31. The first kappa shape index (κ1) is 17.4. The Morgan fingerprint density at radius 1 is 1.23 bits per heavy atom. The second-order valence-corrected chi connectivity index (χ2v) is 5.50. The van der Waals surface area contributed by atoms with Gasteiger partial charge in [-0.3, -0.25) is 4.79 Å². The van der Waals surface area contributed by atoms with Crippen molar-refractivity contribution < 1.29 is 23.7 Å². The van der Waals surface area contributed by atoms with Crippen LogP contribution < -0.4 is 25.4 Å². The number of aliphatic hydroxyl groups excluding tert-OH is 1. The molecule has 0 saturated heterocycles. The molecule has 1 aliphatic heterocycles. The summed E-state index contributed by atoms with van der Waals surface area (Å²) < 4.78 is 21.5. The molecule has 2 heterocycles. The quantitative estimate of drug-likeness (QED) is 0.840. The summed E-state index contributed by atoms with van der Waals surface area (Å²) in [6.45, 7) is -0.474. The summed E-state index contributed by atoms with van der Waals surface area (Å²) in [6, 6.07) is 8.14. The number of rotatable bonds is 4. The minimum Gasteiger partial charge on any atom is -0.497 e. The van der Waals surface area contributed by atoms with Crippen molar-refractivity contribution in [3.05, 3.63) is 63.0 Å². The molecule has 0 radical (unpaired) electrons. The highest BCUT2D eigenvalue weighted by atomic mass is 16.5. The molecule has 1 atom stereocenters. The average Bonchev–Trinajstić information content (AvgIpc) is 2.66. The standard InChI is InChI=1S/C18H16N2O6/c1-23-10-3-9(4-11(5-10)24-2)15-13(7-19)18(20)26-16-14(22)6-12(8-21)25-17(15)16/h3-6,15,21H,8,20H2,1-2H3/t15-/m1/s1. The number of methoxy groups -OCH3 is 2. The van der Waals surface area contributed by atoms with Crippen LogP contribution in [0, 0.1) is 11.3 Å². The lowest BCUT2D eigenvalue weighted by Crippen LogP contribution is -2.25. The van der Waals surface area contributed by atoms with E-state index in [0.29, 0.717) is 17.1 Å². The van der Waals surface area contributed by atoms with Gasteiger partial charge in [0.05, 0.1) is 20.1 Å². The number of hydrogen-bond acceptors (Lipinski definition) is 8. The molecule has 0 amide bonds. The van der Waals surface area contributed by atoms with E-state index in [1.54, 1.807) is 18.2 Å². The van der Waals surface area contributed by atoms with Gasteiger partial charge < -0.3 is 29.5 Å². The zero-order chi connectivity index (χ0) is 18.8. The van der Waals surface area contributed by atoms with Gasteiger partial charge in [-0.15, -0.1) is 0 Å². The summed E-state index contributed by atoms with van der Waals surface area (Å²) in [7, 11) is 2.99. The van der Waals surface area contributed by atoms with Crippen LogP contribution >= 0.6 is 0 Å². The predicted octanol–water partition coefficient (Wildman–Crippen LogP) is 1.37. The Hall–Kier alpha value is -3.44. The van der Waals surface area contributed by atoms with Crippen molar-refractivity contribution in [1.82, 2.24) is 0 Å². The molecular weight excluding hydrogens is 340 g/mol. The van der Waals surface area contributed by atoms with Crippen molar-refractivity contribution in [1.29, 1.82) is 5.26 Å². The predicted molar refractivity (Wildman–Crippen MR) is 89.7 cm³/mol. The first-order valence-corrected chi connectivity index (χ1v) is 7.60. The van der Waals surface area contributed by atoms with Gasteiger partial charge in [0.15, 0.2) is 5.76 Å². The zero-order valence-corrected chi connectivity index (χ0v) is 14.1. The zero-order valence-electron chi connectivity index (χ0n) is 14.1. The monoisotopic (exact) mass is 356 g/mol. The van der Waals surface area contributed by atoms with Gasteiger partial charge in [-0.25, -0.2) is 0 Å². The van der Waals surface area contributed by atoms with E-state index in [4.69, 9.17) is 24.4 Å². The largest absolute Gasteiger partial charge is 0.497 e. The minimum atomic E-state index is -0.813. The Morgan fingerprint density at radius 2 is 1.88 bits per heavy atom. The van der Waals surface area contributed by atoms with Crippen LogP contribution in [-0.4, -0.2) is 19.3 Å². The van der Waals surface area contributed by atoms with Crippen LogP contribution in [0.5, 0.6) is 17.2 Å². The molecule has 26 heavy (non-hydrogen) atoms. The minimum absolute atomic E-state index is 0.0509. The lowest BCUT2D eigenvalue weighted by Gasteiger charge is -2.25. The van der Waals surface area contributed by atoms with Crippen LogP contribution in [0.3, 0.4) is 0 Å². The summed E-state index contributed by atoms with van der Waals surface area (Å²) in [5.41, 5.74) is 5.98. The fourth-order valence-electron chi connectivity index (χ4n) is 2.79. The fraction of sp³-hybridized carbons (Fsp3) is 0.222. The fourth-order valence-corrected chi connectivity index (χ4v) is 2.79. The maximum Gasteiger partial charge on any atom is 0.228 e. The van der Waals surface area contributed by atoms with Crippen LogP contribution in [0.15, 0.2) is 44.9 Å². The molecule has 3 rings (SSSR count). The Morgan fingerprint density at radius 3 is 2.42 bits per heavy atom. The number of allylic oxidation sites excluding steroid dienone is 1. The lowest BCUT2D eigenvalue weighted by molar-refractivity contribution is 0.231. The molecule has 0 aliphatic carbocycles. The number of nitriles is 1. The summed E-state index contributed by atoms with van der Waals surface area (Å²) in [4.78, 5) is 12.3. The summed E-state index contributed by atoms with van der Waals surface area (Å²) in [5.74, 6) is -0.00123. The molecule has 0 fully saturated rings. The Labute approximate surface area is 148 Å². The van der Waals surface area contributed by atoms with Crippen molar-refractivity contribution in [2.75, 3.05) is 14.2 Å². The highest BCUT2D eigenvalue weighted by Gasteiger charge is 2.35. The van der Waals surface area contributed by atoms with Crippen LogP contribution in [0.2, 0.25) is 0 Å². The van der Waals surface area contributed by atoms with E-state index in [1.807, 2.05) is 6.07 Å². The Kier molecular flexibility index (Phi) is 4.56. The van der Waals surface area contributed by atoms with Crippen LogP contribution in [0.1, 0.15) is 23.0 Å². The van der Waals surface area contributed by atoms with Gasteiger partial charge in [-0.05, 0) is 17.7 Å². The van der Waals surface area contributed by atoms with Gasteiger partial charge >= 0.3 is 0 Å². The average molecular weight is 356 g/mol. The molecule has 0 saturated carbocycles. The smallest absolute Gasteiger partial charge is 0.228 e. The molecule has 0 unspecified atom stereocenters. The highest BCUT2D eigenvalue weighted by molar-refractivity contribution is 5.54. The summed E-state index contributed by atoms with van der Waals surface area (Å²) in [5, 5.41) is 18.9. The van der Waals surface area contributed by atoms with E-state index in [2.05, 4.69) is 0 Å². The normalized spacial score (nSPS) is 15.7. The van der Waals surface area contributed by atoms with Gasteiger partial charge in [0.25, 0.3) is 0 Å². The molecule has 8 heteroatoms. The Bertz CT molecular complexity index is 964. The third-order valence-electron chi connectivity index (χ3n) is 3.99. The molecule has 134 valence electrons. The maximum atomic E-state index is 12.3. The first-order valence-electron chi connectivity index (χ1n) is 7.60. The number of aliphatic hydroxyl groups is 1. The van der Waals surface area contributed by atoms with Gasteiger partial charge in [0.1, 0.15) is 35.5 Å². The van der Waals surface area contributed by atoms with Gasteiger partial charge in [0.2, 0.25) is 17.1 Å². The number of benzene rings is 1. The topological polar surface area (TPSA) is 128 Å². The van der Waals surface area contributed by atoms with Crippen molar-refractivity contribution in [3.63, 3.8) is 0 Å². The number of nitrogens with zero attached hydrogens (tertiary/aromatic N) is 1. The molecule has 1 aliphatic rings. The van der Waals surface area contributed by atoms with Crippen molar-refractivity contribution >= 4 is 0 Å². The number of nitrogens with two attached hydrogens (primary N) is 1. The number of ether oxygens (including phenoxy) is 3. The van der Waals surface area contributed by atoms with E-state index in [1.165, 1.54) is 14.2 Å². The van der Waals surface area contributed by atoms with Crippen LogP contribution in [0.4, 0.5) is 0 Å². The molecule has 8 nitrogen and oxygen atoms in total. The van der Waals surface area contributed by atoms with E-state index < -0.39 is 18.0 Å². The molecule has 1 aromatic heterocycles. The molecule has 0 bridgehead atoms. The van der Waals surface area contributed by atoms with Crippen molar-refractivity contribution in [2.45, 2.75) is 12.5 Å².